The lowest BCUT2D eigenvalue weighted by molar-refractivity contribution is 0.707. The summed E-state index contributed by atoms with van der Waals surface area (Å²) >= 11 is 10.3. The van der Waals surface area contributed by atoms with Crippen LogP contribution in [0.4, 0.5) is 0 Å². The van der Waals surface area contributed by atoms with Crippen LogP contribution in [0.25, 0.3) is 0 Å². The van der Waals surface area contributed by atoms with Gasteiger partial charge in [0, 0.05) is 12.7 Å². The molecular formula is C9H11ClN2S. The van der Waals surface area contributed by atoms with Gasteiger partial charge >= 0.3 is 0 Å². The molecule has 4 heteroatoms. The number of hydrogen-bond donors (Lipinski definition) is 1. The van der Waals surface area contributed by atoms with Gasteiger partial charge in [-0.25, -0.2) is 4.98 Å². The monoisotopic (exact) mass is 214 g/mol. The van der Waals surface area contributed by atoms with Crippen LogP contribution in [0.5, 0.6) is 0 Å². The van der Waals surface area contributed by atoms with E-state index in [0.717, 1.165) is 25.1 Å². The average Bonchev–Trinajstić information content (AvgIpc) is 2.15. The molecular weight excluding hydrogens is 204 g/mol. The molecule has 0 saturated heterocycles. The van der Waals surface area contributed by atoms with Crippen molar-refractivity contribution in [1.82, 2.24) is 10.3 Å². The molecule has 1 rings (SSSR count). The maximum Gasteiger partial charge on any atom is 0.129 e. The van der Waals surface area contributed by atoms with Gasteiger partial charge < -0.3 is 5.32 Å². The number of pyridine rings is 1. The summed E-state index contributed by atoms with van der Waals surface area (Å²) in [4.78, 5) is 3.98. The Balaban J connectivity index is 2.28. The van der Waals surface area contributed by atoms with E-state index in [4.69, 9.17) is 23.8 Å². The molecule has 0 radical (unpaired) electrons. The Kier molecular flexibility index (Phi) is 4.90. The molecule has 0 aliphatic carbocycles. The van der Waals surface area contributed by atoms with E-state index in [9.17, 15) is 0 Å². The van der Waals surface area contributed by atoms with E-state index in [1.807, 2.05) is 6.07 Å². The Morgan fingerprint density at radius 2 is 2.38 bits per heavy atom. The smallest absolute Gasteiger partial charge is 0.129 e. The van der Waals surface area contributed by atoms with Crippen molar-refractivity contribution in [3.05, 3.63) is 29.0 Å². The predicted octanol–water partition coefficient (Wildman–Crippen LogP) is 2.21. The van der Waals surface area contributed by atoms with E-state index in [1.54, 1.807) is 17.6 Å². The Morgan fingerprint density at radius 1 is 1.54 bits per heavy atom. The zero-order valence-electron chi connectivity index (χ0n) is 7.16. The number of hydrogen-bond acceptors (Lipinski definition) is 3. The van der Waals surface area contributed by atoms with Gasteiger partial charge in [0.15, 0.2) is 0 Å². The Bertz CT molecular complexity index is 261. The first-order valence-corrected chi connectivity index (χ1v) is 4.92. The van der Waals surface area contributed by atoms with Gasteiger partial charge in [-0.2, -0.15) is 0 Å². The summed E-state index contributed by atoms with van der Waals surface area (Å²) in [5.41, 5.74) is 1.13. The summed E-state index contributed by atoms with van der Waals surface area (Å²) < 4.78 is 0. The van der Waals surface area contributed by atoms with Crippen molar-refractivity contribution in [2.24, 2.45) is 0 Å². The van der Waals surface area contributed by atoms with Gasteiger partial charge in [-0.1, -0.05) is 29.9 Å². The van der Waals surface area contributed by atoms with Crippen molar-refractivity contribution in [2.75, 3.05) is 6.54 Å². The quantitative estimate of drug-likeness (QED) is 0.462. The third-order valence-electron chi connectivity index (χ3n) is 1.56. The SMILES string of the molecule is S=CCCNCc1ccc(Cl)nc1. The molecule has 0 atom stereocenters. The maximum absolute atomic E-state index is 5.65. The highest BCUT2D eigenvalue weighted by molar-refractivity contribution is 7.78. The van der Waals surface area contributed by atoms with Gasteiger partial charge in [-0.3, -0.25) is 0 Å². The lowest BCUT2D eigenvalue weighted by Gasteiger charge is -2.01. The molecule has 13 heavy (non-hydrogen) atoms. The molecule has 0 amide bonds. The van der Waals surface area contributed by atoms with Crippen LogP contribution in [0.2, 0.25) is 5.15 Å². The summed E-state index contributed by atoms with van der Waals surface area (Å²) in [5.74, 6) is 0. The van der Waals surface area contributed by atoms with Crippen LogP contribution in [0, 0.1) is 0 Å². The molecule has 1 N–H and O–H groups in total. The van der Waals surface area contributed by atoms with Crippen LogP contribution in [0.1, 0.15) is 12.0 Å². The van der Waals surface area contributed by atoms with E-state index in [2.05, 4.69) is 10.3 Å². The summed E-state index contributed by atoms with van der Waals surface area (Å²) in [7, 11) is 0. The minimum atomic E-state index is 0.530. The fraction of sp³-hybridized carbons (Fsp3) is 0.333. The fourth-order valence-electron chi connectivity index (χ4n) is 0.905. The Hall–Kier alpha value is -0.510. The molecule has 0 aliphatic rings. The fourth-order valence-corrected chi connectivity index (χ4v) is 1.13. The van der Waals surface area contributed by atoms with Crippen molar-refractivity contribution in [3.63, 3.8) is 0 Å². The van der Waals surface area contributed by atoms with Crippen LogP contribution in [-0.4, -0.2) is 16.9 Å². The second-order valence-electron chi connectivity index (χ2n) is 2.62. The van der Waals surface area contributed by atoms with E-state index in [-0.39, 0.29) is 0 Å². The van der Waals surface area contributed by atoms with Crippen molar-refractivity contribution < 1.29 is 0 Å². The molecule has 2 nitrogen and oxygen atoms in total. The first-order chi connectivity index (χ1) is 6.33. The number of nitrogens with zero attached hydrogens (tertiary/aromatic N) is 1. The number of rotatable bonds is 5. The highest BCUT2D eigenvalue weighted by Crippen LogP contribution is 2.04. The van der Waals surface area contributed by atoms with Gasteiger partial charge in [0.2, 0.25) is 0 Å². The summed E-state index contributed by atoms with van der Waals surface area (Å²) in [5, 5.41) is 5.50. The first-order valence-electron chi connectivity index (χ1n) is 4.07. The van der Waals surface area contributed by atoms with Crippen molar-refractivity contribution in [1.29, 1.82) is 0 Å². The maximum atomic E-state index is 5.65. The molecule has 0 spiro atoms. The third-order valence-corrected chi connectivity index (χ3v) is 2.02. The Morgan fingerprint density at radius 3 is 3.00 bits per heavy atom. The van der Waals surface area contributed by atoms with Crippen LogP contribution in [-0.2, 0) is 6.54 Å². The highest BCUT2D eigenvalue weighted by atomic mass is 35.5. The first kappa shape index (κ1) is 10.6. The number of halogens is 1. The molecule has 1 aromatic heterocycles. The van der Waals surface area contributed by atoms with E-state index < -0.39 is 0 Å². The Labute approximate surface area is 88.3 Å². The standard InChI is InChI=1S/C9H11ClN2S/c10-9-3-2-8(7-12-9)6-11-4-1-5-13/h2-3,5,7,11H,1,4,6H2. The summed E-state index contributed by atoms with van der Waals surface area (Å²) in [6.45, 7) is 1.72. The molecule has 0 unspecified atom stereocenters. The minimum absolute atomic E-state index is 0.530. The molecule has 0 fully saturated rings. The van der Waals surface area contributed by atoms with Crippen molar-refractivity contribution in [2.45, 2.75) is 13.0 Å². The largest absolute Gasteiger partial charge is 0.312 e. The lowest BCUT2D eigenvalue weighted by Crippen LogP contribution is -2.14. The van der Waals surface area contributed by atoms with Gasteiger partial charge in [0.05, 0.1) is 0 Å². The molecule has 0 saturated carbocycles. The second kappa shape index (κ2) is 6.02. The third kappa shape index (κ3) is 4.31. The summed E-state index contributed by atoms with van der Waals surface area (Å²) in [6, 6.07) is 3.75. The average molecular weight is 215 g/mol. The van der Waals surface area contributed by atoms with Gasteiger partial charge in [-0.15, -0.1) is 0 Å². The molecule has 0 bridgehead atoms. The van der Waals surface area contributed by atoms with Gasteiger partial charge in [-0.05, 0) is 30.0 Å². The van der Waals surface area contributed by atoms with Crippen LogP contribution in [0.15, 0.2) is 18.3 Å². The van der Waals surface area contributed by atoms with Crippen LogP contribution in [0.3, 0.4) is 0 Å². The van der Waals surface area contributed by atoms with Crippen LogP contribution < -0.4 is 5.32 Å². The van der Waals surface area contributed by atoms with Gasteiger partial charge in [0.25, 0.3) is 0 Å². The molecule has 0 aliphatic heterocycles. The predicted molar refractivity (Wildman–Crippen MR) is 59.2 cm³/mol. The van der Waals surface area contributed by atoms with Crippen molar-refractivity contribution in [3.8, 4) is 0 Å². The number of nitrogens with one attached hydrogen (secondary N) is 1. The summed E-state index contributed by atoms with van der Waals surface area (Å²) in [6.07, 6.45) is 2.68. The van der Waals surface area contributed by atoms with Gasteiger partial charge in [0.1, 0.15) is 5.15 Å². The zero-order chi connectivity index (χ0) is 9.52. The van der Waals surface area contributed by atoms with E-state index in [1.165, 1.54) is 0 Å². The van der Waals surface area contributed by atoms with Crippen molar-refractivity contribution >= 4 is 29.2 Å². The van der Waals surface area contributed by atoms with Crippen LogP contribution >= 0.6 is 23.8 Å². The molecule has 70 valence electrons. The number of aromatic nitrogens is 1. The molecule has 0 aromatic carbocycles. The highest BCUT2D eigenvalue weighted by Gasteiger charge is 1.92. The number of thiocarbonyl (C=S) groups is 1. The zero-order valence-corrected chi connectivity index (χ0v) is 8.74. The lowest BCUT2D eigenvalue weighted by atomic mass is 10.3. The minimum Gasteiger partial charge on any atom is -0.312 e. The normalized spacial score (nSPS) is 9.92. The topological polar surface area (TPSA) is 24.9 Å². The van der Waals surface area contributed by atoms with E-state index >= 15 is 0 Å². The van der Waals surface area contributed by atoms with E-state index in [0.29, 0.717) is 5.15 Å². The molecule has 1 aromatic rings. The molecule has 1 heterocycles. The second-order valence-corrected chi connectivity index (χ2v) is 3.34.